The Morgan fingerprint density at radius 3 is 1.95 bits per heavy atom. The van der Waals surface area contributed by atoms with E-state index in [4.69, 9.17) is 11.6 Å². The molecule has 0 heterocycles. The van der Waals surface area contributed by atoms with Gasteiger partial charge in [-0.05, 0) is 6.42 Å². The Bertz CT molecular complexity index is 200. The van der Waals surface area contributed by atoms with Crippen LogP contribution < -0.4 is 35.0 Å². The second-order valence-corrected chi connectivity index (χ2v) is 4.95. The maximum atomic E-state index is 10.7. The Labute approximate surface area is 146 Å². The summed E-state index contributed by atoms with van der Waals surface area (Å²) in [5.41, 5.74) is 2.63. The van der Waals surface area contributed by atoms with Gasteiger partial charge in [-0.15, -0.1) is 11.6 Å². The molecule has 0 unspecified atom stereocenters. The average Bonchev–Trinajstić information content (AvgIpc) is 2.39. The van der Waals surface area contributed by atoms with Crippen LogP contribution in [0, 0.1) is 0 Å². The summed E-state index contributed by atoms with van der Waals surface area (Å²) in [6, 6.07) is 0. The molecule has 19 heavy (non-hydrogen) atoms. The number of carbonyl (C=O) groups is 1. The van der Waals surface area contributed by atoms with E-state index in [-0.39, 0.29) is 36.9 Å². The standard InChI is InChI=1S/C14H28ClNO2.Na.H/c1-2-3-4-5-6-7-8-9-10-11-12-16-18-14(17)13-15;;/h16H,2-13H2,1H3;;/q;+1;-1. The first-order chi connectivity index (χ1) is 8.81. The number of carbonyl (C=O) groups excluding carboxylic acids is 1. The van der Waals surface area contributed by atoms with Gasteiger partial charge in [0.2, 0.25) is 0 Å². The first kappa shape index (κ1) is 22.0. The molecule has 0 aliphatic heterocycles. The molecule has 0 saturated heterocycles. The Kier molecular flexibility index (Phi) is 21.7. The number of nitrogens with one attached hydrogen (secondary N) is 1. The van der Waals surface area contributed by atoms with Crippen molar-refractivity contribution >= 4 is 17.6 Å². The predicted octanol–water partition coefficient (Wildman–Crippen LogP) is 1.31. The maximum absolute atomic E-state index is 10.7. The second kappa shape index (κ2) is 18.7. The smallest absolute Gasteiger partial charge is 1.00 e. The maximum Gasteiger partial charge on any atom is 1.00 e. The molecule has 0 bridgehead atoms. The van der Waals surface area contributed by atoms with Crippen LogP contribution in [0.25, 0.3) is 0 Å². The zero-order chi connectivity index (χ0) is 13.5. The summed E-state index contributed by atoms with van der Waals surface area (Å²) in [5.74, 6) is -0.505. The van der Waals surface area contributed by atoms with Crippen LogP contribution in [-0.2, 0) is 9.63 Å². The van der Waals surface area contributed by atoms with Gasteiger partial charge in [0.1, 0.15) is 5.88 Å². The van der Waals surface area contributed by atoms with Crippen molar-refractivity contribution in [3.05, 3.63) is 0 Å². The van der Waals surface area contributed by atoms with Crippen LogP contribution in [0.2, 0.25) is 0 Å². The van der Waals surface area contributed by atoms with E-state index in [1.54, 1.807) is 0 Å². The molecular formula is C14H29ClNNaO2. The zero-order valence-electron chi connectivity index (χ0n) is 13.7. The first-order valence-electron chi connectivity index (χ1n) is 7.29. The van der Waals surface area contributed by atoms with Gasteiger partial charge in [-0.3, -0.25) is 0 Å². The third kappa shape index (κ3) is 18.7. The summed E-state index contributed by atoms with van der Waals surface area (Å²) in [6.07, 6.45) is 13.1. The average molecular weight is 302 g/mol. The van der Waals surface area contributed by atoms with Gasteiger partial charge in [-0.1, -0.05) is 64.7 Å². The van der Waals surface area contributed by atoms with Gasteiger partial charge in [0.05, 0.1) is 0 Å². The van der Waals surface area contributed by atoms with Crippen LogP contribution in [-0.4, -0.2) is 18.4 Å². The normalized spacial score (nSPS) is 10.0. The van der Waals surface area contributed by atoms with Crippen LogP contribution in [0.5, 0.6) is 0 Å². The fourth-order valence-corrected chi connectivity index (χ4v) is 1.90. The zero-order valence-corrected chi connectivity index (χ0v) is 15.4. The van der Waals surface area contributed by atoms with E-state index < -0.39 is 5.97 Å². The molecule has 0 radical (unpaired) electrons. The van der Waals surface area contributed by atoms with Crippen LogP contribution in [0.4, 0.5) is 0 Å². The molecule has 0 aromatic heterocycles. The minimum Gasteiger partial charge on any atom is -1.00 e. The molecule has 0 amide bonds. The molecule has 0 aliphatic carbocycles. The molecule has 0 atom stereocenters. The molecule has 1 N–H and O–H groups in total. The van der Waals surface area contributed by atoms with Gasteiger partial charge in [0, 0.05) is 6.54 Å². The number of hydrogen-bond donors (Lipinski definition) is 1. The summed E-state index contributed by atoms with van der Waals surface area (Å²) >= 11 is 5.28. The Morgan fingerprint density at radius 2 is 1.47 bits per heavy atom. The molecule has 3 nitrogen and oxygen atoms in total. The minimum absolute atomic E-state index is 0. The van der Waals surface area contributed by atoms with Crippen molar-refractivity contribution in [2.75, 3.05) is 12.4 Å². The number of unbranched alkanes of at least 4 members (excludes halogenated alkanes) is 9. The molecule has 0 fully saturated rings. The fraction of sp³-hybridized carbons (Fsp3) is 0.929. The largest absolute Gasteiger partial charge is 1.00 e. The number of halogens is 1. The summed E-state index contributed by atoms with van der Waals surface area (Å²) in [4.78, 5) is 15.3. The SMILES string of the molecule is CCCCCCCCCCCCNOC(=O)CCl.[H-].[Na+]. The van der Waals surface area contributed by atoms with Crippen molar-refractivity contribution in [1.29, 1.82) is 0 Å². The molecule has 0 saturated carbocycles. The van der Waals surface area contributed by atoms with Crippen molar-refractivity contribution in [3.8, 4) is 0 Å². The van der Waals surface area contributed by atoms with E-state index in [0.29, 0.717) is 0 Å². The monoisotopic (exact) mass is 301 g/mol. The molecule has 0 rings (SSSR count). The molecule has 0 aliphatic rings. The quantitative estimate of drug-likeness (QED) is 0.241. The van der Waals surface area contributed by atoms with Gasteiger partial charge in [0.15, 0.2) is 0 Å². The molecular weight excluding hydrogens is 273 g/mol. The fourth-order valence-electron chi connectivity index (χ4n) is 1.84. The third-order valence-electron chi connectivity index (χ3n) is 2.93. The molecule has 0 spiro atoms. The predicted molar refractivity (Wildman–Crippen MR) is 77.8 cm³/mol. The second-order valence-electron chi connectivity index (χ2n) is 4.68. The van der Waals surface area contributed by atoms with Gasteiger partial charge in [0.25, 0.3) is 0 Å². The van der Waals surface area contributed by atoms with Crippen LogP contribution in [0.15, 0.2) is 0 Å². The van der Waals surface area contributed by atoms with E-state index >= 15 is 0 Å². The van der Waals surface area contributed by atoms with E-state index in [9.17, 15) is 4.79 Å². The Balaban J connectivity index is -0.00000144. The number of alkyl halides is 1. The number of hydroxylamine groups is 1. The van der Waals surface area contributed by atoms with Gasteiger partial charge in [-0.25, -0.2) is 4.79 Å². The third-order valence-corrected chi connectivity index (χ3v) is 3.15. The molecule has 0 aromatic rings. The van der Waals surface area contributed by atoms with Crippen LogP contribution in [0.3, 0.4) is 0 Å². The Hall–Kier alpha value is 0.720. The van der Waals surface area contributed by atoms with Crippen molar-refractivity contribution in [2.45, 2.75) is 71.1 Å². The van der Waals surface area contributed by atoms with Crippen molar-refractivity contribution in [2.24, 2.45) is 0 Å². The van der Waals surface area contributed by atoms with Crippen LogP contribution >= 0.6 is 11.6 Å². The topological polar surface area (TPSA) is 38.3 Å². The summed E-state index contributed by atoms with van der Waals surface area (Å²) in [7, 11) is 0. The van der Waals surface area contributed by atoms with Crippen molar-refractivity contribution < 1.29 is 40.6 Å². The summed E-state index contributed by atoms with van der Waals surface area (Å²) in [5, 5.41) is 0. The van der Waals surface area contributed by atoms with Crippen LogP contribution in [0.1, 0.15) is 72.6 Å². The summed E-state index contributed by atoms with van der Waals surface area (Å²) < 4.78 is 0. The first-order valence-corrected chi connectivity index (χ1v) is 7.83. The van der Waals surface area contributed by atoms with Gasteiger partial charge >= 0.3 is 35.5 Å². The van der Waals surface area contributed by atoms with E-state index in [1.165, 1.54) is 57.8 Å². The van der Waals surface area contributed by atoms with Gasteiger partial charge in [-0.2, -0.15) is 5.48 Å². The van der Waals surface area contributed by atoms with E-state index in [0.717, 1.165) is 13.0 Å². The number of hydrogen-bond acceptors (Lipinski definition) is 3. The molecule has 0 aromatic carbocycles. The molecule has 5 heteroatoms. The van der Waals surface area contributed by atoms with Gasteiger partial charge < -0.3 is 6.26 Å². The Morgan fingerprint density at radius 1 is 1.00 bits per heavy atom. The van der Waals surface area contributed by atoms with Crippen molar-refractivity contribution in [1.82, 2.24) is 5.48 Å². The minimum atomic E-state index is -0.413. The number of rotatable bonds is 13. The van der Waals surface area contributed by atoms with E-state index in [1.807, 2.05) is 0 Å². The van der Waals surface area contributed by atoms with E-state index in [2.05, 4.69) is 17.2 Å². The molecule has 110 valence electrons. The van der Waals surface area contributed by atoms with Crippen molar-refractivity contribution in [3.63, 3.8) is 0 Å². The summed E-state index contributed by atoms with van der Waals surface area (Å²) in [6.45, 7) is 2.97.